The summed E-state index contributed by atoms with van der Waals surface area (Å²) in [5, 5.41) is 10.6. The second kappa shape index (κ2) is 70.7. The molecule has 0 saturated heterocycles. The summed E-state index contributed by atoms with van der Waals surface area (Å²) in [4.78, 5) is 73.0. The van der Waals surface area contributed by atoms with E-state index in [4.69, 9.17) is 37.0 Å². The Hall–Kier alpha value is -1.94. The van der Waals surface area contributed by atoms with Gasteiger partial charge >= 0.3 is 39.5 Å². The molecule has 0 amide bonds. The zero-order valence-corrected chi connectivity index (χ0v) is 65.9. The minimum atomic E-state index is -4.96. The number of esters is 4. The Morgan fingerprint density at radius 1 is 0.276 bits per heavy atom. The van der Waals surface area contributed by atoms with E-state index in [2.05, 4.69) is 41.5 Å². The minimum absolute atomic E-state index is 0.106. The molecule has 19 heteroatoms. The van der Waals surface area contributed by atoms with Crippen molar-refractivity contribution in [3.05, 3.63) is 0 Å². The molecule has 0 bridgehead atoms. The van der Waals surface area contributed by atoms with Crippen LogP contribution < -0.4 is 0 Å². The lowest BCUT2D eigenvalue weighted by Crippen LogP contribution is -2.30. The van der Waals surface area contributed by atoms with Crippen LogP contribution in [0.5, 0.6) is 0 Å². The van der Waals surface area contributed by atoms with E-state index in [0.717, 1.165) is 102 Å². The van der Waals surface area contributed by atoms with Crippen LogP contribution in [0.2, 0.25) is 0 Å². The SMILES string of the molecule is CCCCCCCCCCCCCCCCCCC(=O)OC[C@H](COP(=O)(O)OC[C@@H](O)COP(=O)(O)OC[C@@H](COC(=O)CCCCCCCCCCCCCC)OC(=O)CCCCCCCCCCCCC(C)C)OC(=O)CCCCCCCCCCCCCCCCC(C)C. The fraction of sp³-hybridized carbons (Fsp3) is 0.949. The first kappa shape index (κ1) is 96.1. The van der Waals surface area contributed by atoms with Crippen LogP contribution in [0.15, 0.2) is 0 Å². The maximum Gasteiger partial charge on any atom is 0.472 e. The molecule has 0 aromatic rings. The summed E-state index contributed by atoms with van der Waals surface area (Å²) >= 11 is 0. The highest BCUT2D eigenvalue weighted by Gasteiger charge is 2.30. The maximum atomic E-state index is 13.1. The van der Waals surface area contributed by atoms with Gasteiger partial charge in [0.2, 0.25) is 0 Å². The Kier molecular flexibility index (Phi) is 69.3. The number of carbonyl (C=O) groups is 4. The van der Waals surface area contributed by atoms with E-state index in [1.165, 1.54) is 231 Å². The molecule has 0 aliphatic carbocycles. The number of phosphoric acid groups is 2. The van der Waals surface area contributed by atoms with Gasteiger partial charge in [-0.1, -0.05) is 363 Å². The number of ether oxygens (including phenoxy) is 4. The first-order valence-electron chi connectivity index (χ1n) is 41.0. The lowest BCUT2D eigenvalue weighted by atomic mass is 10.0. The van der Waals surface area contributed by atoms with Gasteiger partial charge in [-0.3, -0.25) is 37.3 Å². The van der Waals surface area contributed by atoms with Crippen molar-refractivity contribution >= 4 is 39.5 Å². The monoisotopic (exact) mass is 1440 g/mol. The Labute approximate surface area is 600 Å². The normalized spacial score (nSPS) is 13.9. The third-order valence-corrected chi connectivity index (χ3v) is 20.4. The van der Waals surface area contributed by atoms with Crippen LogP contribution in [0.4, 0.5) is 0 Å². The predicted octanol–water partition coefficient (Wildman–Crippen LogP) is 23.5. The Morgan fingerprint density at radius 3 is 0.694 bits per heavy atom. The summed E-state index contributed by atoms with van der Waals surface area (Å²) in [6.07, 6.45) is 59.5. The smallest absolute Gasteiger partial charge is 0.462 e. The molecular formula is C79H154O17P2. The molecule has 0 aromatic carbocycles. The lowest BCUT2D eigenvalue weighted by molar-refractivity contribution is -0.161. The van der Waals surface area contributed by atoms with Gasteiger partial charge in [0.05, 0.1) is 26.4 Å². The van der Waals surface area contributed by atoms with E-state index in [1.807, 2.05) is 0 Å². The zero-order chi connectivity index (χ0) is 72.1. The molecule has 5 atom stereocenters. The Bertz CT molecular complexity index is 1890. The molecule has 17 nitrogen and oxygen atoms in total. The molecule has 0 spiro atoms. The average Bonchev–Trinajstić information content (AvgIpc) is 1.03. The van der Waals surface area contributed by atoms with Crippen LogP contribution in [0.25, 0.3) is 0 Å². The van der Waals surface area contributed by atoms with Gasteiger partial charge < -0.3 is 33.8 Å². The van der Waals surface area contributed by atoms with Gasteiger partial charge in [0.15, 0.2) is 12.2 Å². The molecule has 98 heavy (non-hydrogen) atoms. The van der Waals surface area contributed by atoms with Crippen molar-refractivity contribution in [3.8, 4) is 0 Å². The predicted molar refractivity (Wildman–Crippen MR) is 400 cm³/mol. The number of hydrogen-bond acceptors (Lipinski definition) is 15. The maximum absolute atomic E-state index is 13.1. The van der Waals surface area contributed by atoms with Crippen LogP contribution in [0.3, 0.4) is 0 Å². The number of aliphatic hydroxyl groups is 1. The molecule has 2 unspecified atom stereocenters. The summed E-state index contributed by atoms with van der Waals surface area (Å²) in [6, 6.07) is 0. The van der Waals surface area contributed by atoms with E-state index in [-0.39, 0.29) is 25.7 Å². The summed E-state index contributed by atoms with van der Waals surface area (Å²) in [5.74, 6) is -0.562. The highest BCUT2D eigenvalue weighted by Crippen LogP contribution is 2.45. The summed E-state index contributed by atoms with van der Waals surface area (Å²) in [7, 11) is -9.92. The quantitative estimate of drug-likeness (QED) is 0.0222. The summed E-state index contributed by atoms with van der Waals surface area (Å²) in [6.45, 7) is 9.64. The third kappa shape index (κ3) is 72.4. The van der Waals surface area contributed by atoms with E-state index >= 15 is 0 Å². The highest BCUT2D eigenvalue weighted by molar-refractivity contribution is 7.47. The second-order valence-corrected chi connectivity index (χ2v) is 32.3. The molecule has 0 heterocycles. The molecule has 3 N–H and O–H groups in total. The number of carbonyl (C=O) groups excluding carboxylic acids is 4. The second-order valence-electron chi connectivity index (χ2n) is 29.4. The number of phosphoric ester groups is 2. The van der Waals surface area contributed by atoms with Crippen molar-refractivity contribution in [1.82, 2.24) is 0 Å². The lowest BCUT2D eigenvalue weighted by Gasteiger charge is -2.21. The van der Waals surface area contributed by atoms with E-state index in [9.17, 15) is 43.2 Å². The molecule has 0 radical (unpaired) electrons. The first-order valence-corrected chi connectivity index (χ1v) is 44.0. The molecular weight excluding hydrogens is 1280 g/mol. The van der Waals surface area contributed by atoms with Gasteiger partial charge in [0, 0.05) is 25.7 Å². The molecule has 0 rings (SSSR count). The van der Waals surface area contributed by atoms with Crippen molar-refractivity contribution in [2.75, 3.05) is 39.6 Å². The topological polar surface area (TPSA) is 237 Å². The van der Waals surface area contributed by atoms with Gasteiger partial charge in [-0.05, 0) is 37.5 Å². The van der Waals surface area contributed by atoms with Gasteiger partial charge in [0.25, 0.3) is 0 Å². The molecule has 0 aromatic heterocycles. The third-order valence-electron chi connectivity index (χ3n) is 18.5. The molecule has 0 fully saturated rings. The molecule has 0 aliphatic rings. The summed E-state index contributed by atoms with van der Waals surface area (Å²) < 4.78 is 68.7. The Morgan fingerprint density at radius 2 is 0.469 bits per heavy atom. The standard InChI is InChI=1S/C79H154O17P2/c1-7-9-11-13-15-17-19-21-22-23-27-31-38-44-50-56-62-77(82)90-67-74(95-78(83)63-57-51-45-39-32-28-25-24-26-29-35-41-47-53-59-71(3)4)69-93-97(85,86)91-65-73(80)66-92-98(87,88)94-70-75(68-89-76(81)61-55-49-43-37-30-20-18-16-14-12-10-8-2)96-79(84)64-58-52-46-40-34-33-36-42-48-54-60-72(5)6/h71-75,80H,7-70H2,1-6H3,(H,85,86)(H,87,88)/t73-,74-,75-/m1/s1. The largest absolute Gasteiger partial charge is 0.472 e. The van der Waals surface area contributed by atoms with Crippen LogP contribution in [0.1, 0.15) is 414 Å². The van der Waals surface area contributed by atoms with Crippen molar-refractivity contribution in [1.29, 1.82) is 0 Å². The Balaban J connectivity index is 5.26. The zero-order valence-electron chi connectivity index (χ0n) is 64.1. The van der Waals surface area contributed by atoms with Gasteiger partial charge in [0.1, 0.15) is 19.3 Å². The minimum Gasteiger partial charge on any atom is -0.462 e. The van der Waals surface area contributed by atoms with Crippen molar-refractivity contribution in [2.45, 2.75) is 432 Å². The van der Waals surface area contributed by atoms with Gasteiger partial charge in [-0.25, -0.2) is 9.13 Å². The molecule has 582 valence electrons. The van der Waals surface area contributed by atoms with Crippen molar-refractivity contribution < 1.29 is 80.2 Å². The van der Waals surface area contributed by atoms with Gasteiger partial charge in [-0.2, -0.15) is 0 Å². The molecule has 0 aliphatic heterocycles. The number of aliphatic hydroxyl groups excluding tert-OH is 1. The molecule has 0 saturated carbocycles. The summed E-state index contributed by atoms with van der Waals surface area (Å²) in [5.41, 5.74) is 0. The fourth-order valence-electron chi connectivity index (χ4n) is 12.2. The van der Waals surface area contributed by atoms with E-state index in [1.54, 1.807) is 0 Å². The van der Waals surface area contributed by atoms with Gasteiger partial charge in [-0.15, -0.1) is 0 Å². The van der Waals surface area contributed by atoms with Crippen LogP contribution in [0, 0.1) is 11.8 Å². The van der Waals surface area contributed by atoms with E-state index < -0.39 is 97.5 Å². The van der Waals surface area contributed by atoms with Crippen LogP contribution in [-0.4, -0.2) is 96.7 Å². The van der Waals surface area contributed by atoms with E-state index in [0.29, 0.717) is 25.7 Å². The number of unbranched alkanes of at least 4 members (excludes halogenated alkanes) is 48. The average molecular weight is 1440 g/mol. The fourth-order valence-corrected chi connectivity index (χ4v) is 13.8. The van der Waals surface area contributed by atoms with Crippen molar-refractivity contribution in [2.24, 2.45) is 11.8 Å². The highest BCUT2D eigenvalue weighted by atomic mass is 31.2. The van der Waals surface area contributed by atoms with Crippen LogP contribution in [-0.2, 0) is 65.4 Å². The first-order chi connectivity index (χ1) is 47.4. The van der Waals surface area contributed by atoms with Crippen LogP contribution >= 0.6 is 15.6 Å². The number of hydrogen-bond donors (Lipinski definition) is 3. The number of rotatable bonds is 78. The van der Waals surface area contributed by atoms with Crippen molar-refractivity contribution in [3.63, 3.8) is 0 Å².